The average molecular weight is 296 g/mol. The molecule has 0 unspecified atom stereocenters. The van der Waals surface area contributed by atoms with Gasteiger partial charge in [0.15, 0.2) is 0 Å². The first kappa shape index (κ1) is 15.7. The Morgan fingerprint density at radius 2 is 2.05 bits per heavy atom. The van der Waals surface area contributed by atoms with Crippen LogP contribution >= 0.6 is 0 Å². The van der Waals surface area contributed by atoms with Gasteiger partial charge in [-0.05, 0) is 19.9 Å². The molecule has 0 radical (unpaired) electrons. The van der Waals surface area contributed by atoms with E-state index in [1.165, 1.54) is 0 Å². The number of β-amino-alcohol motifs (C(OH)–C–C–N with tert-alkyl or cyclic N) is 1. The van der Waals surface area contributed by atoms with Gasteiger partial charge in [-0.2, -0.15) is 15.0 Å². The highest BCUT2D eigenvalue weighted by atomic mass is 16.5. The van der Waals surface area contributed by atoms with Crippen molar-refractivity contribution in [1.82, 2.24) is 19.9 Å². The maximum atomic E-state index is 9.04. The number of nitrogens with zero attached hydrogens (tertiary/aromatic N) is 5. The number of aliphatic hydroxyl groups is 1. The molecule has 0 aliphatic carbocycles. The summed E-state index contributed by atoms with van der Waals surface area (Å²) in [4.78, 5) is 17.4. The summed E-state index contributed by atoms with van der Waals surface area (Å²) >= 11 is 0. The monoisotopic (exact) mass is 296 g/mol. The number of hydrogen-bond donors (Lipinski definition) is 2. The number of nitrogens with one attached hydrogen (secondary N) is 1. The molecule has 8 nitrogen and oxygen atoms in total. The Labute approximate surface area is 125 Å². The number of anilines is 2. The lowest BCUT2D eigenvalue weighted by atomic mass is 10.4. The lowest BCUT2D eigenvalue weighted by molar-refractivity contribution is 0.204. The highest BCUT2D eigenvalue weighted by Crippen LogP contribution is 2.16. The van der Waals surface area contributed by atoms with Gasteiger partial charge in [0.05, 0.1) is 13.2 Å². The zero-order chi connectivity index (χ0) is 15.1. The molecular weight excluding hydrogens is 272 g/mol. The number of aliphatic hydroxyl groups excluding tert-OH is 1. The lowest BCUT2D eigenvalue weighted by Gasteiger charge is -2.21. The van der Waals surface area contributed by atoms with Crippen molar-refractivity contribution in [3.63, 3.8) is 0 Å². The van der Waals surface area contributed by atoms with Crippen LogP contribution in [0.3, 0.4) is 0 Å². The Balaban J connectivity index is 2.11. The highest BCUT2D eigenvalue weighted by Gasteiger charge is 2.18. The number of ether oxygens (including phenoxy) is 1. The normalized spacial score (nSPS) is 16.6. The molecule has 0 spiro atoms. The van der Waals surface area contributed by atoms with Crippen LogP contribution in [-0.2, 0) is 0 Å². The summed E-state index contributed by atoms with van der Waals surface area (Å²) in [6.07, 6.45) is 1.02. The zero-order valence-corrected chi connectivity index (χ0v) is 12.7. The third kappa shape index (κ3) is 4.40. The van der Waals surface area contributed by atoms with Gasteiger partial charge in [0, 0.05) is 33.2 Å². The third-order valence-corrected chi connectivity index (χ3v) is 3.39. The van der Waals surface area contributed by atoms with Gasteiger partial charge in [0.2, 0.25) is 11.9 Å². The maximum Gasteiger partial charge on any atom is 0.323 e. The van der Waals surface area contributed by atoms with E-state index in [1.54, 1.807) is 7.05 Å². The van der Waals surface area contributed by atoms with Gasteiger partial charge in [0.25, 0.3) is 0 Å². The molecule has 1 aromatic heterocycles. The van der Waals surface area contributed by atoms with E-state index in [4.69, 9.17) is 9.84 Å². The number of aromatic nitrogens is 3. The summed E-state index contributed by atoms with van der Waals surface area (Å²) in [6, 6.07) is 0.350. The van der Waals surface area contributed by atoms with Crippen LogP contribution < -0.4 is 15.0 Å². The molecule has 1 aliphatic rings. The average Bonchev–Trinajstić information content (AvgIpc) is 2.73. The van der Waals surface area contributed by atoms with Crippen molar-refractivity contribution in [3.8, 4) is 6.01 Å². The van der Waals surface area contributed by atoms with Crippen LogP contribution in [-0.4, -0.2) is 77.9 Å². The quantitative estimate of drug-likeness (QED) is 0.747. The van der Waals surface area contributed by atoms with E-state index >= 15 is 0 Å². The van der Waals surface area contributed by atoms with E-state index in [1.807, 2.05) is 6.92 Å². The second kappa shape index (κ2) is 7.94. The molecule has 0 bridgehead atoms. The van der Waals surface area contributed by atoms with Gasteiger partial charge in [-0.1, -0.05) is 0 Å². The molecule has 21 heavy (non-hydrogen) atoms. The third-order valence-electron chi connectivity index (χ3n) is 3.39. The van der Waals surface area contributed by atoms with Crippen molar-refractivity contribution >= 4 is 11.9 Å². The predicted molar refractivity (Wildman–Crippen MR) is 80.9 cm³/mol. The second-order valence-electron chi connectivity index (χ2n) is 4.83. The standard InChI is InChI=1S/C13H24N6O2/c1-3-21-13-16-11(14-2)15-12(17-13)19-6-4-5-18(7-8-19)9-10-20/h20H,3-10H2,1-2H3,(H,14,15,16,17). The summed E-state index contributed by atoms with van der Waals surface area (Å²) in [5.74, 6) is 1.16. The fourth-order valence-electron chi connectivity index (χ4n) is 2.33. The summed E-state index contributed by atoms with van der Waals surface area (Å²) in [6.45, 7) is 6.95. The summed E-state index contributed by atoms with van der Waals surface area (Å²) < 4.78 is 5.40. The van der Waals surface area contributed by atoms with Crippen LogP contribution in [0, 0.1) is 0 Å². The van der Waals surface area contributed by atoms with Gasteiger partial charge in [0.1, 0.15) is 0 Å². The van der Waals surface area contributed by atoms with E-state index in [2.05, 4.69) is 30.1 Å². The van der Waals surface area contributed by atoms with Crippen molar-refractivity contribution in [1.29, 1.82) is 0 Å². The van der Waals surface area contributed by atoms with Gasteiger partial charge >= 0.3 is 6.01 Å². The van der Waals surface area contributed by atoms with Crippen molar-refractivity contribution in [3.05, 3.63) is 0 Å². The first-order valence-corrected chi connectivity index (χ1v) is 7.41. The smallest absolute Gasteiger partial charge is 0.323 e. The van der Waals surface area contributed by atoms with Gasteiger partial charge in [-0.25, -0.2) is 0 Å². The first-order chi connectivity index (χ1) is 10.3. The zero-order valence-electron chi connectivity index (χ0n) is 12.7. The first-order valence-electron chi connectivity index (χ1n) is 7.41. The Bertz CT molecular complexity index is 445. The predicted octanol–water partition coefficient (Wildman–Crippen LogP) is -0.184. The van der Waals surface area contributed by atoms with Crippen LogP contribution in [0.2, 0.25) is 0 Å². The van der Waals surface area contributed by atoms with E-state index in [0.29, 0.717) is 24.5 Å². The molecule has 2 N–H and O–H groups in total. The summed E-state index contributed by atoms with van der Waals surface area (Å²) in [5.41, 5.74) is 0. The van der Waals surface area contributed by atoms with Crippen LogP contribution in [0.25, 0.3) is 0 Å². The van der Waals surface area contributed by atoms with Gasteiger partial charge in [-0.3, -0.25) is 4.90 Å². The van der Waals surface area contributed by atoms with E-state index in [9.17, 15) is 0 Å². The van der Waals surface area contributed by atoms with Crippen molar-refractivity contribution in [2.75, 3.05) is 63.2 Å². The van der Waals surface area contributed by atoms with Crippen molar-refractivity contribution in [2.24, 2.45) is 0 Å². The van der Waals surface area contributed by atoms with Gasteiger partial charge < -0.3 is 20.1 Å². The molecule has 0 saturated carbocycles. The van der Waals surface area contributed by atoms with Crippen LogP contribution in [0.4, 0.5) is 11.9 Å². The summed E-state index contributed by atoms with van der Waals surface area (Å²) in [7, 11) is 1.78. The summed E-state index contributed by atoms with van der Waals surface area (Å²) in [5, 5.41) is 12.0. The molecule has 1 aromatic rings. The van der Waals surface area contributed by atoms with Crippen LogP contribution in [0.5, 0.6) is 6.01 Å². The molecule has 0 atom stereocenters. The van der Waals surface area contributed by atoms with Crippen LogP contribution in [0.15, 0.2) is 0 Å². The minimum absolute atomic E-state index is 0.199. The fraction of sp³-hybridized carbons (Fsp3) is 0.769. The van der Waals surface area contributed by atoms with Gasteiger partial charge in [-0.15, -0.1) is 0 Å². The second-order valence-corrected chi connectivity index (χ2v) is 4.83. The highest BCUT2D eigenvalue weighted by molar-refractivity contribution is 5.38. The maximum absolute atomic E-state index is 9.04. The number of hydrogen-bond acceptors (Lipinski definition) is 8. The molecule has 118 valence electrons. The molecule has 2 heterocycles. The molecule has 8 heteroatoms. The molecule has 0 amide bonds. The minimum Gasteiger partial charge on any atom is -0.464 e. The molecule has 1 fully saturated rings. The Morgan fingerprint density at radius 3 is 2.76 bits per heavy atom. The SMILES string of the molecule is CCOc1nc(NC)nc(N2CCCN(CCO)CC2)n1. The molecular formula is C13H24N6O2. The fourth-order valence-corrected chi connectivity index (χ4v) is 2.33. The Kier molecular flexibility index (Phi) is 5.94. The van der Waals surface area contributed by atoms with Crippen molar-refractivity contribution < 1.29 is 9.84 Å². The largest absolute Gasteiger partial charge is 0.464 e. The van der Waals surface area contributed by atoms with Crippen LogP contribution in [0.1, 0.15) is 13.3 Å². The molecule has 1 aliphatic heterocycles. The van der Waals surface area contributed by atoms with E-state index in [0.717, 1.165) is 39.1 Å². The molecule has 2 rings (SSSR count). The van der Waals surface area contributed by atoms with E-state index in [-0.39, 0.29) is 6.61 Å². The van der Waals surface area contributed by atoms with E-state index < -0.39 is 0 Å². The minimum atomic E-state index is 0.199. The molecule has 1 saturated heterocycles. The number of rotatable bonds is 6. The van der Waals surface area contributed by atoms with Crippen molar-refractivity contribution in [2.45, 2.75) is 13.3 Å². The molecule has 0 aromatic carbocycles. The Morgan fingerprint density at radius 1 is 1.19 bits per heavy atom. The Hall–Kier alpha value is -1.67. The lowest BCUT2D eigenvalue weighted by Crippen LogP contribution is -2.33. The topological polar surface area (TPSA) is 86.6 Å².